The fraction of sp³-hybridized carbons (Fsp3) is 0.538. The maximum Gasteiger partial charge on any atom is 0.327 e. The monoisotopic (exact) mass is 238 g/mol. The van der Waals surface area contributed by atoms with Crippen molar-refractivity contribution < 1.29 is 9.09 Å². The van der Waals surface area contributed by atoms with Crippen molar-refractivity contribution in [2.75, 3.05) is 6.61 Å². The molecule has 3 heteroatoms. The minimum absolute atomic E-state index is 0.191. The number of unbranched alkanes of at least 4 members (excludes halogenated alkanes) is 4. The van der Waals surface area contributed by atoms with Crippen LogP contribution in [0.2, 0.25) is 0 Å². The van der Waals surface area contributed by atoms with Crippen LogP contribution in [-0.4, -0.2) is 6.61 Å². The topological polar surface area (TPSA) is 26.3 Å². The largest absolute Gasteiger partial charge is 0.327 e. The highest BCUT2D eigenvalue weighted by Crippen LogP contribution is 2.09. The molecule has 0 radical (unpaired) electrons. The fourth-order valence-electron chi connectivity index (χ4n) is 1.71. The van der Waals surface area contributed by atoms with Gasteiger partial charge in [-0.05, 0) is 24.8 Å². The third-order valence-electron chi connectivity index (χ3n) is 2.60. The zero-order chi connectivity index (χ0) is 11.5. The van der Waals surface area contributed by atoms with E-state index >= 15 is 0 Å². The third-order valence-corrected chi connectivity index (χ3v) is 2.88. The van der Waals surface area contributed by atoms with Crippen molar-refractivity contribution in [2.45, 2.75) is 38.5 Å². The van der Waals surface area contributed by atoms with Gasteiger partial charge in [0.1, 0.15) is 0 Å². The molecular weight excluding hydrogens is 219 g/mol. The predicted octanol–water partition coefficient (Wildman–Crippen LogP) is 4.40. The van der Waals surface area contributed by atoms with Crippen molar-refractivity contribution in [3.05, 3.63) is 35.9 Å². The number of hydrogen-bond donors (Lipinski definition) is 0. The van der Waals surface area contributed by atoms with Crippen molar-refractivity contribution in [1.29, 1.82) is 0 Å². The van der Waals surface area contributed by atoms with Crippen molar-refractivity contribution in [2.24, 2.45) is 0 Å². The molecule has 1 rings (SSSR count). The molecule has 0 heterocycles. The lowest BCUT2D eigenvalue weighted by atomic mass is 10.1. The molecule has 0 bridgehead atoms. The van der Waals surface area contributed by atoms with E-state index in [4.69, 9.17) is 4.52 Å². The summed E-state index contributed by atoms with van der Waals surface area (Å²) in [7, 11) is -0.191. The van der Waals surface area contributed by atoms with Gasteiger partial charge in [0.25, 0.3) is 0 Å². The van der Waals surface area contributed by atoms with Crippen LogP contribution in [-0.2, 0) is 15.5 Å². The second kappa shape index (κ2) is 9.50. The van der Waals surface area contributed by atoms with Crippen LogP contribution >= 0.6 is 8.69 Å². The second-order valence-corrected chi connectivity index (χ2v) is 4.32. The fourth-order valence-corrected chi connectivity index (χ4v) is 1.91. The van der Waals surface area contributed by atoms with E-state index in [-0.39, 0.29) is 8.69 Å². The summed E-state index contributed by atoms with van der Waals surface area (Å²) in [4.78, 5) is 0. The molecule has 0 aromatic heterocycles. The van der Waals surface area contributed by atoms with E-state index in [9.17, 15) is 4.57 Å². The minimum atomic E-state index is -0.191. The highest BCUT2D eigenvalue weighted by atomic mass is 31.1. The number of hydrogen-bond acceptors (Lipinski definition) is 2. The summed E-state index contributed by atoms with van der Waals surface area (Å²) in [5.74, 6) is 0. The summed E-state index contributed by atoms with van der Waals surface area (Å²) in [6, 6.07) is 10.6. The average molecular weight is 238 g/mol. The number of rotatable bonds is 9. The molecule has 16 heavy (non-hydrogen) atoms. The van der Waals surface area contributed by atoms with E-state index in [1.54, 1.807) is 0 Å². The Bertz CT molecular complexity index is 275. The van der Waals surface area contributed by atoms with Gasteiger partial charge in [0.2, 0.25) is 0 Å². The highest BCUT2D eigenvalue weighted by Gasteiger charge is 1.93. The Morgan fingerprint density at radius 2 is 1.62 bits per heavy atom. The van der Waals surface area contributed by atoms with Gasteiger partial charge in [-0.15, -0.1) is 0 Å². The van der Waals surface area contributed by atoms with Crippen LogP contribution < -0.4 is 0 Å². The first-order valence-corrected chi connectivity index (χ1v) is 6.65. The van der Waals surface area contributed by atoms with Gasteiger partial charge >= 0.3 is 8.69 Å². The first kappa shape index (κ1) is 13.3. The Morgan fingerprint density at radius 1 is 0.938 bits per heavy atom. The summed E-state index contributed by atoms with van der Waals surface area (Å²) in [6.07, 6.45) is 7.13. The molecule has 0 atom stereocenters. The van der Waals surface area contributed by atoms with Crippen LogP contribution in [0.1, 0.15) is 37.7 Å². The van der Waals surface area contributed by atoms with E-state index in [0.717, 1.165) is 6.42 Å². The van der Waals surface area contributed by atoms with Gasteiger partial charge in [-0.25, -0.2) is 4.57 Å². The van der Waals surface area contributed by atoms with Gasteiger partial charge in [-0.1, -0.05) is 49.6 Å². The van der Waals surface area contributed by atoms with Crippen LogP contribution in [0.3, 0.4) is 0 Å². The van der Waals surface area contributed by atoms with Crippen molar-refractivity contribution in [1.82, 2.24) is 0 Å². The first-order chi connectivity index (χ1) is 7.93. The Hall–Kier alpha value is -0.720. The summed E-state index contributed by atoms with van der Waals surface area (Å²) in [6.45, 7) is 0.615. The van der Waals surface area contributed by atoms with Crippen LogP contribution in [0.25, 0.3) is 0 Å². The van der Waals surface area contributed by atoms with Crippen LogP contribution in [0, 0.1) is 0 Å². The average Bonchev–Trinajstić information content (AvgIpc) is 2.34. The molecule has 1 aromatic rings. The maximum absolute atomic E-state index is 9.97. The third kappa shape index (κ3) is 6.71. The Balaban J connectivity index is 1.90. The summed E-state index contributed by atoms with van der Waals surface area (Å²) in [5, 5.41) is 0. The van der Waals surface area contributed by atoms with Gasteiger partial charge in [-0.2, -0.15) is 0 Å². The Labute approximate surface area is 99.3 Å². The van der Waals surface area contributed by atoms with Crippen molar-refractivity contribution >= 4 is 8.69 Å². The smallest absolute Gasteiger partial charge is 0.294 e. The lowest BCUT2D eigenvalue weighted by molar-refractivity contribution is 0.328. The molecule has 0 unspecified atom stereocenters. The molecule has 0 aliphatic heterocycles. The predicted molar refractivity (Wildman–Crippen MR) is 66.8 cm³/mol. The molecule has 0 aliphatic rings. The Kier molecular flexibility index (Phi) is 7.93. The molecule has 0 aliphatic carbocycles. The number of aryl methyl sites for hydroxylation is 1. The summed E-state index contributed by atoms with van der Waals surface area (Å²) >= 11 is 0. The molecule has 2 nitrogen and oxygen atoms in total. The van der Waals surface area contributed by atoms with Crippen LogP contribution in [0.5, 0.6) is 0 Å². The zero-order valence-corrected chi connectivity index (χ0v) is 10.5. The molecule has 88 valence electrons. The van der Waals surface area contributed by atoms with Gasteiger partial charge < -0.3 is 0 Å². The molecule has 0 spiro atoms. The standard InChI is InChI=1S/C13H19O2P/c14-16-15-12-8-3-1-2-5-9-13-10-6-4-7-11-13/h4,6-7,10-11H,1-3,5,8-9,12H2. The Morgan fingerprint density at radius 3 is 2.38 bits per heavy atom. The van der Waals surface area contributed by atoms with E-state index < -0.39 is 0 Å². The zero-order valence-electron chi connectivity index (χ0n) is 9.60. The summed E-state index contributed by atoms with van der Waals surface area (Å²) in [5.41, 5.74) is 1.43. The molecule has 0 fully saturated rings. The first-order valence-electron chi connectivity index (χ1n) is 5.92. The van der Waals surface area contributed by atoms with Gasteiger partial charge in [0, 0.05) is 0 Å². The van der Waals surface area contributed by atoms with Crippen molar-refractivity contribution in [3.63, 3.8) is 0 Å². The maximum atomic E-state index is 9.97. The van der Waals surface area contributed by atoms with E-state index in [1.165, 1.54) is 37.7 Å². The molecule has 0 N–H and O–H groups in total. The van der Waals surface area contributed by atoms with Crippen molar-refractivity contribution in [3.8, 4) is 0 Å². The lowest BCUT2D eigenvalue weighted by Crippen LogP contribution is -1.87. The molecule has 1 aromatic carbocycles. The quantitative estimate of drug-likeness (QED) is 0.470. The molecule has 0 saturated heterocycles. The summed E-state index contributed by atoms with van der Waals surface area (Å²) < 4.78 is 14.7. The van der Waals surface area contributed by atoms with Crippen LogP contribution in [0.4, 0.5) is 0 Å². The molecular formula is C13H19O2P. The van der Waals surface area contributed by atoms with E-state index in [1.807, 2.05) is 0 Å². The molecule has 0 saturated carbocycles. The van der Waals surface area contributed by atoms with Crippen LogP contribution in [0.15, 0.2) is 30.3 Å². The second-order valence-electron chi connectivity index (χ2n) is 3.91. The van der Waals surface area contributed by atoms with Gasteiger partial charge in [-0.3, -0.25) is 4.52 Å². The van der Waals surface area contributed by atoms with E-state index in [0.29, 0.717) is 6.61 Å². The SMILES string of the molecule is O=POCCCCCCCc1ccccc1. The minimum Gasteiger partial charge on any atom is -0.294 e. The van der Waals surface area contributed by atoms with E-state index in [2.05, 4.69) is 30.3 Å². The molecule has 0 amide bonds. The van der Waals surface area contributed by atoms with Gasteiger partial charge in [0.15, 0.2) is 0 Å². The number of benzene rings is 1. The lowest BCUT2D eigenvalue weighted by Gasteiger charge is -2.01. The normalized spacial score (nSPS) is 10.8. The van der Waals surface area contributed by atoms with Gasteiger partial charge in [0.05, 0.1) is 6.61 Å². The highest BCUT2D eigenvalue weighted by molar-refractivity contribution is 7.17.